The van der Waals surface area contributed by atoms with Crippen LogP contribution in [0.5, 0.6) is 5.75 Å². The largest absolute Gasteiger partial charge is 0.484 e. The second kappa shape index (κ2) is 8.17. The van der Waals surface area contributed by atoms with Crippen LogP contribution in [0, 0.1) is 5.41 Å². The van der Waals surface area contributed by atoms with Gasteiger partial charge in [0.15, 0.2) is 6.61 Å². The van der Waals surface area contributed by atoms with E-state index in [4.69, 9.17) is 39.5 Å². The van der Waals surface area contributed by atoms with Gasteiger partial charge in [-0.25, -0.2) is 4.79 Å². The zero-order valence-electron chi connectivity index (χ0n) is 15.9. The van der Waals surface area contributed by atoms with E-state index in [0.717, 1.165) is 19.3 Å². The topological polar surface area (TPSA) is 79.5 Å². The number of nitrogens with one attached hydrogen (secondary N) is 3. The average molecular weight is 469 g/mol. The molecule has 3 N–H and O–H groups in total. The van der Waals surface area contributed by atoms with E-state index in [1.807, 2.05) is 0 Å². The van der Waals surface area contributed by atoms with Crippen molar-refractivity contribution in [2.75, 3.05) is 18.5 Å². The summed E-state index contributed by atoms with van der Waals surface area (Å²) in [5, 5.41) is 10.1. The van der Waals surface area contributed by atoms with Crippen LogP contribution in [0.25, 0.3) is 0 Å². The summed E-state index contributed by atoms with van der Waals surface area (Å²) in [7, 11) is 0. The van der Waals surface area contributed by atoms with E-state index in [2.05, 4.69) is 16.0 Å². The van der Waals surface area contributed by atoms with E-state index in [0.29, 0.717) is 33.0 Å². The average Bonchev–Trinajstić information content (AvgIpc) is 2.65. The molecule has 0 aliphatic heterocycles. The third-order valence-electron chi connectivity index (χ3n) is 5.53. The molecule has 3 aliphatic carbocycles. The summed E-state index contributed by atoms with van der Waals surface area (Å²) in [6, 6.07) is 11.5. The molecule has 30 heavy (non-hydrogen) atoms. The molecular formula is C21H20Cl3N3O3. The fraction of sp³-hybridized carbons (Fsp3) is 0.333. The molecule has 3 amide bonds. The maximum Gasteiger partial charge on any atom is 0.319 e. The molecule has 3 fully saturated rings. The third kappa shape index (κ3) is 4.61. The van der Waals surface area contributed by atoms with E-state index in [1.165, 1.54) is 0 Å². The second-order valence-electron chi connectivity index (χ2n) is 8.04. The van der Waals surface area contributed by atoms with E-state index >= 15 is 0 Å². The van der Waals surface area contributed by atoms with Crippen molar-refractivity contribution in [1.29, 1.82) is 0 Å². The summed E-state index contributed by atoms with van der Waals surface area (Å²) in [6.45, 7) is 0.514. The molecule has 0 heterocycles. The maximum atomic E-state index is 12.2. The number of ether oxygens (including phenoxy) is 1. The summed E-state index contributed by atoms with van der Waals surface area (Å²) in [6.07, 6.45) is 2.54. The minimum atomic E-state index is -0.299. The normalized spacial score (nSPS) is 23.6. The van der Waals surface area contributed by atoms with E-state index in [-0.39, 0.29) is 29.5 Å². The number of hydrogen-bond acceptors (Lipinski definition) is 3. The lowest BCUT2D eigenvalue weighted by molar-refractivity contribution is -0.163. The molecule has 0 spiro atoms. The van der Waals surface area contributed by atoms with Crippen molar-refractivity contribution in [3.63, 3.8) is 0 Å². The van der Waals surface area contributed by atoms with Crippen molar-refractivity contribution in [1.82, 2.24) is 10.6 Å². The highest BCUT2D eigenvalue weighted by molar-refractivity contribution is 6.42. The highest BCUT2D eigenvalue weighted by atomic mass is 35.5. The van der Waals surface area contributed by atoms with Crippen molar-refractivity contribution in [2.45, 2.75) is 24.8 Å². The summed E-state index contributed by atoms with van der Waals surface area (Å²) in [5.74, 6) is 0.448. The lowest BCUT2D eigenvalue weighted by atomic mass is 9.39. The monoisotopic (exact) mass is 467 g/mol. The molecule has 2 bridgehead atoms. The molecule has 0 atom stereocenters. The zero-order chi connectivity index (χ0) is 21.4. The van der Waals surface area contributed by atoms with Crippen LogP contribution in [0.2, 0.25) is 15.1 Å². The predicted octanol–water partition coefficient (Wildman–Crippen LogP) is 4.89. The van der Waals surface area contributed by atoms with Gasteiger partial charge in [0.05, 0.1) is 10.0 Å². The second-order valence-corrected chi connectivity index (χ2v) is 9.29. The molecule has 6 nitrogen and oxygen atoms in total. The minimum absolute atomic E-state index is 0.0410. The van der Waals surface area contributed by atoms with Gasteiger partial charge in [-0.3, -0.25) is 4.79 Å². The van der Waals surface area contributed by atoms with Crippen LogP contribution in [0.15, 0.2) is 42.5 Å². The van der Waals surface area contributed by atoms with Crippen molar-refractivity contribution >= 4 is 52.4 Å². The van der Waals surface area contributed by atoms with Crippen molar-refractivity contribution in [3.8, 4) is 5.75 Å². The Morgan fingerprint density at radius 1 is 0.967 bits per heavy atom. The highest BCUT2D eigenvalue weighted by Gasteiger charge is 2.68. The molecule has 0 aromatic heterocycles. The predicted molar refractivity (Wildman–Crippen MR) is 118 cm³/mol. The molecule has 158 valence electrons. The van der Waals surface area contributed by atoms with Crippen molar-refractivity contribution in [2.24, 2.45) is 5.41 Å². The van der Waals surface area contributed by atoms with Crippen molar-refractivity contribution < 1.29 is 14.3 Å². The highest BCUT2D eigenvalue weighted by Crippen LogP contribution is 2.66. The van der Waals surface area contributed by atoms with Crippen LogP contribution in [-0.2, 0) is 4.79 Å². The number of carbonyl (C=O) groups excluding carboxylic acids is 2. The molecule has 0 unspecified atom stereocenters. The van der Waals surface area contributed by atoms with Gasteiger partial charge in [0, 0.05) is 22.8 Å². The number of amides is 3. The standard InChI is InChI=1S/C21H20Cl3N3O3/c22-13-1-4-15(5-2-13)30-8-18(28)27-21-9-20(10-21,11-21)12-25-19(29)26-14-3-6-16(23)17(24)7-14/h1-7H,8-12H2,(H,27,28)(H2,25,26,29). The van der Waals surface area contributed by atoms with Crippen LogP contribution in [0.3, 0.4) is 0 Å². The molecule has 5 rings (SSSR count). The first-order valence-electron chi connectivity index (χ1n) is 9.46. The Morgan fingerprint density at radius 3 is 2.33 bits per heavy atom. The van der Waals surface area contributed by atoms with Gasteiger partial charge in [-0.2, -0.15) is 0 Å². The third-order valence-corrected chi connectivity index (χ3v) is 6.52. The molecule has 3 saturated carbocycles. The quantitative estimate of drug-likeness (QED) is 0.541. The Labute approximate surface area is 189 Å². The minimum Gasteiger partial charge on any atom is -0.484 e. The van der Waals surface area contributed by atoms with Crippen LogP contribution in [0.4, 0.5) is 10.5 Å². The Bertz CT molecular complexity index is 961. The number of halogens is 3. The number of benzene rings is 2. The van der Waals surface area contributed by atoms with Gasteiger partial charge in [0.25, 0.3) is 5.91 Å². The summed E-state index contributed by atoms with van der Waals surface area (Å²) >= 11 is 17.7. The molecular weight excluding hydrogens is 449 g/mol. The Balaban J connectivity index is 1.16. The first-order chi connectivity index (χ1) is 14.3. The SMILES string of the molecule is O=C(COc1ccc(Cl)cc1)NC12CC(CNC(=O)Nc3ccc(Cl)c(Cl)c3)(C1)C2. The van der Waals surface area contributed by atoms with E-state index in [1.54, 1.807) is 42.5 Å². The number of anilines is 1. The van der Waals surface area contributed by atoms with Gasteiger partial charge in [-0.1, -0.05) is 34.8 Å². The molecule has 2 aromatic carbocycles. The van der Waals surface area contributed by atoms with Gasteiger partial charge in [0.2, 0.25) is 0 Å². The first kappa shape index (κ1) is 21.1. The molecule has 0 radical (unpaired) electrons. The van der Waals surface area contributed by atoms with Crippen LogP contribution in [-0.4, -0.2) is 30.6 Å². The fourth-order valence-corrected chi connectivity index (χ4v) is 4.77. The van der Waals surface area contributed by atoms with Crippen LogP contribution < -0.4 is 20.7 Å². The van der Waals surface area contributed by atoms with Gasteiger partial charge in [-0.05, 0) is 67.1 Å². The fourth-order valence-electron chi connectivity index (χ4n) is 4.35. The van der Waals surface area contributed by atoms with Crippen LogP contribution in [0.1, 0.15) is 19.3 Å². The Kier molecular flexibility index (Phi) is 5.75. The lowest BCUT2D eigenvalue weighted by Crippen LogP contribution is -2.77. The Hall–Kier alpha value is -2.15. The number of rotatable bonds is 7. The van der Waals surface area contributed by atoms with Gasteiger partial charge < -0.3 is 20.7 Å². The molecule has 2 aromatic rings. The van der Waals surface area contributed by atoms with Gasteiger partial charge >= 0.3 is 6.03 Å². The van der Waals surface area contributed by atoms with Crippen LogP contribution >= 0.6 is 34.8 Å². The Morgan fingerprint density at radius 2 is 1.67 bits per heavy atom. The number of hydrogen-bond donors (Lipinski definition) is 3. The lowest BCUT2D eigenvalue weighted by Gasteiger charge is -2.70. The molecule has 0 saturated heterocycles. The van der Waals surface area contributed by atoms with Crippen molar-refractivity contribution in [3.05, 3.63) is 57.5 Å². The summed E-state index contributed by atoms with van der Waals surface area (Å²) in [4.78, 5) is 24.3. The smallest absolute Gasteiger partial charge is 0.319 e. The first-order valence-corrected chi connectivity index (χ1v) is 10.6. The van der Waals surface area contributed by atoms with E-state index in [9.17, 15) is 9.59 Å². The molecule has 3 aliphatic rings. The molecule has 9 heteroatoms. The number of urea groups is 1. The number of carbonyl (C=O) groups is 2. The van der Waals surface area contributed by atoms with Gasteiger partial charge in [0.1, 0.15) is 5.75 Å². The summed E-state index contributed by atoms with van der Waals surface area (Å²) in [5.41, 5.74) is 0.464. The summed E-state index contributed by atoms with van der Waals surface area (Å²) < 4.78 is 5.48. The van der Waals surface area contributed by atoms with E-state index < -0.39 is 0 Å². The maximum absolute atomic E-state index is 12.2. The zero-order valence-corrected chi connectivity index (χ0v) is 18.2. The van der Waals surface area contributed by atoms with Gasteiger partial charge in [-0.15, -0.1) is 0 Å².